The topological polar surface area (TPSA) is 69.3 Å². The highest BCUT2D eigenvalue weighted by Crippen LogP contribution is 2.32. The molecule has 2 amide bonds. The molecule has 2 heterocycles. The van der Waals surface area contributed by atoms with Gasteiger partial charge in [-0.15, -0.1) is 0 Å². The van der Waals surface area contributed by atoms with Gasteiger partial charge in [0.25, 0.3) is 5.91 Å². The largest absolute Gasteiger partial charge is 0.345 e. The number of rotatable bonds is 5. The van der Waals surface area contributed by atoms with E-state index in [2.05, 4.69) is 18.2 Å². The summed E-state index contributed by atoms with van der Waals surface area (Å²) in [6, 6.07) is 14.2. The third-order valence-electron chi connectivity index (χ3n) is 5.95. The molecule has 0 unspecified atom stereocenters. The molecule has 2 aliphatic rings. The zero-order chi connectivity index (χ0) is 20.4. The Balaban J connectivity index is 1.38. The lowest BCUT2D eigenvalue weighted by molar-refractivity contribution is -0.138. The summed E-state index contributed by atoms with van der Waals surface area (Å²) in [6.45, 7) is 1.82. The first kappa shape index (κ1) is 19.3. The number of hydrogen-bond acceptors (Lipinski definition) is 3. The van der Waals surface area contributed by atoms with Gasteiger partial charge in [-0.05, 0) is 37.3 Å². The molecule has 1 aromatic heterocycles. The monoisotopic (exact) mass is 390 g/mol. The average molecular weight is 390 g/mol. The molecule has 1 aliphatic heterocycles. The maximum atomic E-state index is 13.2. The standard InChI is InChI=1S/C23H26N4O2/c1-25-15-18(14-24)13-21(25)23(29)26-11-9-19(10-12-26)22(28)27(20-7-8-20)16-17-5-3-2-4-6-17/h2-6,13,15,19-20H,7-12,16H2,1H3. The van der Waals surface area contributed by atoms with Gasteiger partial charge in [-0.25, -0.2) is 0 Å². The summed E-state index contributed by atoms with van der Waals surface area (Å²) < 4.78 is 1.70. The number of nitrogens with zero attached hydrogens (tertiary/aromatic N) is 4. The minimum absolute atomic E-state index is 0.0218. The zero-order valence-electron chi connectivity index (χ0n) is 16.8. The fourth-order valence-electron chi connectivity index (χ4n) is 4.12. The molecule has 1 aromatic carbocycles. The molecular weight excluding hydrogens is 364 g/mol. The molecule has 0 radical (unpaired) electrons. The number of hydrogen-bond donors (Lipinski definition) is 0. The fourth-order valence-corrected chi connectivity index (χ4v) is 4.12. The molecule has 29 heavy (non-hydrogen) atoms. The summed E-state index contributed by atoms with van der Waals surface area (Å²) in [5.74, 6) is 0.142. The van der Waals surface area contributed by atoms with Gasteiger partial charge in [0.15, 0.2) is 0 Å². The molecule has 6 nitrogen and oxygen atoms in total. The smallest absolute Gasteiger partial charge is 0.270 e. The Bertz CT molecular complexity index is 932. The first-order valence-corrected chi connectivity index (χ1v) is 10.3. The Morgan fingerprint density at radius 1 is 1.14 bits per heavy atom. The second-order valence-electron chi connectivity index (χ2n) is 8.09. The molecule has 1 saturated carbocycles. The van der Waals surface area contributed by atoms with Gasteiger partial charge in [0.05, 0.1) is 5.56 Å². The summed E-state index contributed by atoms with van der Waals surface area (Å²) in [5.41, 5.74) is 2.18. The molecule has 2 fully saturated rings. The first-order chi connectivity index (χ1) is 14.1. The number of likely N-dealkylation sites (tertiary alicyclic amines) is 1. The third-order valence-corrected chi connectivity index (χ3v) is 5.95. The van der Waals surface area contributed by atoms with Crippen LogP contribution in [0.4, 0.5) is 0 Å². The van der Waals surface area contributed by atoms with E-state index in [9.17, 15) is 9.59 Å². The summed E-state index contributed by atoms with van der Waals surface area (Å²) in [5, 5.41) is 9.04. The van der Waals surface area contributed by atoms with E-state index in [1.54, 1.807) is 28.8 Å². The molecule has 6 heteroatoms. The van der Waals surface area contributed by atoms with Crippen LogP contribution in [0.25, 0.3) is 0 Å². The van der Waals surface area contributed by atoms with Crippen molar-refractivity contribution < 1.29 is 9.59 Å². The van der Waals surface area contributed by atoms with Crippen molar-refractivity contribution in [3.8, 4) is 6.07 Å². The van der Waals surface area contributed by atoms with Crippen LogP contribution >= 0.6 is 0 Å². The van der Waals surface area contributed by atoms with E-state index in [0.717, 1.165) is 18.4 Å². The average Bonchev–Trinajstić information content (AvgIpc) is 3.53. The van der Waals surface area contributed by atoms with Gasteiger partial charge in [0, 0.05) is 44.8 Å². The van der Waals surface area contributed by atoms with Gasteiger partial charge in [0.1, 0.15) is 11.8 Å². The van der Waals surface area contributed by atoms with Crippen molar-refractivity contribution in [3.63, 3.8) is 0 Å². The molecule has 1 saturated heterocycles. The van der Waals surface area contributed by atoms with Crippen molar-refractivity contribution in [2.75, 3.05) is 13.1 Å². The van der Waals surface area contributed by atoms with Crippen LogP contribution in [0.1, 0.15) is 47.3 Å². The minimum Gasteiger partial charge on any atom is -0.345 e. The summed E-state index contributed by atoms with van der Waals surface area (Å²) >= 11 is 0. The van der Waals surface area contributed by atoms with Gasteiger partial charge in [-0.3, -0.25) is 9.59 Å². The second kappa shape index (κ2) is 8.12. The molecule has 1 aliphatic carbocycles. The third kappa shape index (κ3) is 4.19. The van der Waals surface area contributed by atoms with Crippen LogP contribution in [0, 0.1) is 17.2 Å². The van der Waals surface area contributed by atoms with Crippen molar-refractivity contribution in [3.05, 3.63) is 59.4 Å². The number of piperidine rings is 1. The summed E-state index contributed by atoms with van der Waals surface area (Å²) in [6.07, 6.45) is 5.23. The highest BCUT2D eigenvalue weighted by Gasteiger charge is 2.37. The number of amides is 2. The van der Waals surface area contributed by atoms with Crippen molar-refractivity contribution in [1.82, 2.24) is 14.4 Å². The van der Waals surface area contributed by atoms with Gasteiger partial charge in [-0.1, -0.05) is 30.3 Å². The van der Waals surface area contributed by atoms with E-state index in [4.69, 9.17) is 5.26 Å². The van der Waals surface area contributed by atoms with Gasteiger partial charge >= 0.3 is 0 Å². The van der Waals surface area contributed by atoms with Crippen molar-refractivity contribution in [2.45, 2.75) is 38.3 Å². The van der Waals surface area contributed by atoms with Gasteiger partial charge in [0.2, 0.25) is 5.91 Å². The quantitative estimate of drug-likeness (QED) is 0.788. The lowest BCUT2D eigenvalue weighted by atomic mass is 9.94. The molecule has 0 atom stereocenters. The van der Waals surface area contributed by atoms with E-state index < -0.39 is 0 Å². The van der Waals surface area contributed by atoms with Crippen LogP contribution < -0.4 is 0 Å². The van der Waals surface area contributed by atoms with Crippen LogP contribution in [-0.2, 0) is 18.4 Å². The van der Waals surface area contributed by atoms with E-state index in [1.165, 1.54) is 0 Å². The maximum Gasteiger partial charge on any atom is 0.270 e. The normalized spacial score (nSPS) is 17.0. The number of nitriles is 1. The van der Waals surface area contributed by atoms with Crippen molar-refractivity contribution in [1.29, 1.82) is 5.26 Å². The minimum atomic E-state index is -0.0665. The van der Waals surface area contributed by atoms with Gasteiger partial charge < -0.3 is 14.4 Å². The van der Waals surface area contributed by atoms with Crippen LogP contribution in [-0.4, -0.2) is 45.3 Å². The highest BCUT2D eigenvalue weighted by atomic mass is 16.2. The molecular formula is C23H26N4O2. The Labute approximate surface area is 171 Å². The van der Waals surface area contributed by atoms with Gasteiger partial charge in [-0.2, -0.15) is 5.26 Å². The van der Waals surface area contributed by atoms with Crippen LogP contribution in [0.15, 0.2) is 42.6 Å². The van der Waals surface area contributed by atoms with Crippen LogP contribution in [0.2, 0.25) is 0 Å². The van der Waals surface area contributed by atoms with Crippen LogP contribution in [0.3, 0.4) is 0 Å². The Morgan fingerprint density at radius 3 is 2.41 bits per heavy atom. The van der Waals surface area contributed by atoms with E-state index in [1.807, 2.05) is 23.1 Å². The van der Waals surface area contributed by atoms with Crippen LogP contribution in [0.5, 0.6) is 0 Å². The maximum absolute atomic E-state index is 13.2. The molecule has 4 rings (SSSR count). The van der Waals surface area contributed by atoms with E-state index in [-0.39, 0.29) is 17.7 Å². The van der Waals surface area contributed by atoms with E-state index in [0.29, 0.717) is 49.8 Å². The summed E-state index contributed by atoms with van der Waals surface area (Å²) in [4.78, 5) is 29.9. The second-order valence-corrected chi connectivity index (χ2v) is 8.09. The number of carbonyl (C=O) groups excluding carboxylic acids is 2. The predicted octanol–water partition coefficient (Wildman–Crippen LogP) is 2.94. The van der Waals surface area contributed by atoms with Crippen molar-refractivity contribution >= 4 is 11.8 Å². The predicted molar refractivity (Wildman–Crippen MR) is 109 cm³/mol. The van der Waals surface area contributed by atoms with Crippen molar-refractivity contribution in [2.24, 2.45) is 13.0 Å². The number of aromatic nitrogens is 1. The molecule has 0 N–H and O–H groups in total. The Hall–Kier alpha value is -3.07. The Morgan fingerprint density at radius 2 is 1.83 bits per heavy atom. The lowest BCUT2D eigenvalue weighted by Gasteiger charge is -2.34. The molecule has 0 bridgehead atoms. The number of aryl methyl sites for hydroxylation is 1. The molecule has 0 spiro atoms. The fraction of sp³-hybridized carbons (Fsp3) is 0.435. The SMILES string of the molecule is Cn1cc(C#N)cc1C(=O)N1CCC(C(=O)N(Cc2ccccc2)C2CC2)CC1. The Kier molecular flexibility index (Phi) is 5.39. The lowest BCUT2D eigenvalue weighted by Crippen LogP contribution is -2.45. The zero-order valence-corrected chi connectivity index (χ0v) is 16.8. The first-order valence-electron chi connectivity index (χ1n) is 10.3. The summed E-state index contributed by atoms with van der Waals surface area (Å²) in [7, 11) is 1.78. The number of benzene rings is 1. The molecule has 2 aromatic rings. The molecule has 150 valence electrons. The van der Waals surface area contributed by atoms with E-state index >= 15 is 0 Å². The highest BCUT2D eigenvalue weighted by molar-refractivity contribution is 5.93. The number of carbonyl (C=O) groups is 2.